The minimum absolute atomic E-state index is 0.0197. The van der Waals surface area contributed by atoms with Crippen LogP contribution in [0.15, 0.2) is 0 Å². The molecule has 2 rings (SSSR count). The number of hydrogen-bond donors (Lipinski definition) is 3. The number of rotatable bonds is 6. The maximum atomic E-state index is 11.1. The van der Waals surface area contributed by atoms with Crippen LogP contribution in [0.2, 0.25) is 0 Å². The Morgan fingerprint density at radius 3 is 1.71 bits per heavy atom. The highest BCUT2D eigenvalue weighted by Crippen LogP contribution is 2.17. The van der Waals surface area contributed by atoms with Gasteiger partial charge in [0, 0.05) is 35.6 Å². The second-order valence-electron chi connectivity index (χ2n) is 5.36. The van der Waals surface area contributed by atoms with Crippen molar-refractivity contribution in [2.45, 2.75) is 40.8 Å². The first kappa shape index (κ1) is 15.2. The summed E-state index contributed by atoms with van der Waals surface area (Å²) in [4.78, 5) is 13.0. The van der Waals surface area contributed by atoms with Crippen molar-refractivity contribution in [1.82, 2.24) is 25.3 Å². The molecule has 0 saturated carbocycles. The molecule has 0 fully saturated rings. The maximum absolute atomic E-state index is 11.1. The van der Waals surface area contributed by atoms with Crippen molar-refractivity contribution in [2.24, 2.45) is 0 Å². The molecular weight excluding hydrogens is 270 g/mol. The van der Waals surface area contributed by atoms with Gasteiger partial charge in [0.2, 0.25) is 0 Å². The minimum atomic E-state index is -0.840. The number of H-pyrrole nitrogens is 2. The molecule has 0 amide bonds. The minimum Gasteiger partial charge on any atom is -0.480 e. The smallest absolute Gasteiger partial charge is 0.317 e. The van der Waals surface area contributed by atoms with Crippen LogP contribution in [0.5, 0.6) is 0 Å². The molecular formula is C14H21N5O2. The molecule has 0 aliphatic rings. The molecule has 0 spiro atoms. The largest absolute Gasteiger partial charge is 0.480 e. The highest BCUT2D eigenvalue weighted by Gasteiger charge is 2.18. The number of carbonyl (C=O) groups is 1. The Hall–Kier alpha value is -2.15. The normalized spacial score (nSPS) is 11.3. The van der Waals surface area contributed by atoms with E-state index in [2.05, 4.69) is 20.4 Å². The van der Waals surface area contributed by atoms with Gasteiger partial charge in [-0.05, 0) is 27.7 Å². The first-order chi connectivity index (χ1) is 9.88. The van der Waals surface area contributed by atoms with Crippen LogP contribution in [0.1, 0.15) is 33.9 Å². The van der Waals surface area contributed by atoms with Crippen molar-refractivity contribution in [3.8, 4) is 0 Å². The summed E-state index contributed by atoms with van der Waals surface area (Å²) in [6, 6.07) is 0. The average molecular weight is 291 g/mol. The summed E-state index contributed by atoms with van der Waals surface area (Å²) in [7, 11) is 0. The highest BCUT2D eigenvalue weighted by atomic mass is 16.4. The van der Waals surface area contributed by atoms with Crippen molar-refractivity contribution in [1.29, 1.82) is 0 Å². The summed E-state index contributed by atoms with van der Waals surface area (Å²) in [5.41, 5.74) is 5.87. The SMILES string of the molecule is Cc1n[nH]c(C)c1CN(CC(=O)O)Cc1c(C)n[nH]c1C. The predicted molar refractivity (Wildman–Crippen MR) is 77.9 cm³/mol. The monoisotopic (exact) mass is 291 g/mol. The molecule has 114 valence electrons. The predicted octanol–water partition coefficient (Wildman–Crippen LogP) is 1.45. The molecule has 0 bridgehead atoms. The van der Waals surface area contributed by atoms with E-state index >= 15 is 0 Å². The Kier molecular flexibility index (Phi) is 4.42. The van der Waals surface area contributed by atoms with Crippen LogP contribution in [0.4, 0.5) is 0 Å². The lowest BCUT2D eigenvalue weighted by molar-refractivity contribution is -0.138. The van der Waals surface area contributed by atoms with E-state index in [0.717, 1.165) is 33.9 Å². The number of aromatic nitrogens is 4. The standard InChI is InChI=1S/C14H21N5O2/c1-8-12(9(2)16-15-8)5-19(7-14(20)21)6-13-10(3)17-18-11(13)4/h5-7H2,1-4H3,(H,15,16)(H,17,18)(H,20,21). The first-order valence-corrected chi connectivity index (χ1v) is 6.83. The van der Waals surface area contributed by atoms with Crippen LogP contribution in [-0.2, 0) is 17.9 Å². The molecule has 0 aromatic carbocycles. The molecule has 7 nitrogen and oxygen atoms in total. The fourth-order valence-corrected chi connectivity index (χ4v) is 2.42. The van der Waals surface area contributed by atoms with Gasteiger partial charge >= 0.3 is 5.97 Å². The van der Waals surface area contributed by atoms with E-state index < -0.39 is 5.97 Å². The lowest BCUT2D eigenvalue weighted by atomic mass is 10.1. The Labute approximate surface area is 123 Å². The van der Waals surface area contributed by atoms with Gasteiger partial charge in [-0.2, -0.15) is 10.2 Å². The van der Waals surface area contributed by atoms with Gasteiger partial charge in [0.15, 0.2) is 0 Å². The summed E-state index contributed by atoms with van der Waals surface area (Å²) in [5, 5.41) is 23.3. The van der Waals surface area contributed by atoms with Crippen LogP contribution in [0.25, 0.3) is 0 Å². The number of aryl methyl sites for hydroxylation is 4. The molecule has 21 heavy (non-hydrogen) atoms. The van der Waals surface area contributed by atoms with Crippen LogP contribution >= 0.6 is 0 Å². The number of nitrogens with one attached hydrogen (secondary N) is 2. The van der Waals surface area contributed by atoms with E-state index in [4.69, 9.17) is 5.11 Å². The first-order valence-electron chi connectivity index (χ1n) is 6.83. The van der Waals surface area contributed by atoms with E-state index in [9.17, 15) is 4.79 Å². The van der Waals surface area contributed by atoms with Gasteiger partial charge in [0.25, 0.3) is 0 Å². The molecule has 0 aliphatic carbocycles. The summed E-state index contributed by atoms with van der Waals surface area (Å²) < 4.78 is 0. The highest BCUT2D eigenvalue weighted by molar-refractivity contribution is 5.69. The topological polar surface area (TPSA) is 97.9 Å². The Balaban J connectivity index is 2.21. The third-order valence-electron chi connectivity index (χ3n) is 3.68. The van der Waals surface area contributed by atoms with E-state index in [1.807, 2.05) is 32.6 Å². The molecule has 0 aliphatic heterocycles. The second-order valence-corrected chi connectivity index (χ2v) is 5.36. The second kappa shape index (κ2) is 6.09. The third-order valence-corrected chi connectivity index (χ3v) is 3.68. The van der Waals surface area contributed by atoms with Crippen LogP contribution in [0, 0.1) is 27.7 Å². The number of carboxylic acids is 1. The van der Waals surface area contributed by atoms with Gasteiger partial charge in [-0.25, -0.2) is 0 Å². The van der Waals surface area contributed by atoms with Gasteiger partial charge in [0.1, 0.15) is 0 Å². The molecule has 0 unspecified atom stereocenters. The molecule has 7 heteroatoms. The quantitative estimate of drug-likeness (QED) is 0.748. The van der Waals surface area contributed by atoms with E-state index in [1.54, 1.807) is 0 Å². The van der Waals surface area contributed by atoms with Crippen molar-refractivity contribution in [3.63, 3.8) is 0 Å². The zero-order valence-electron chi connectivity index (χ0n) is 12.8. The Morgan fingerprint density at radius 2 is 1.43 bits per heavy atom. The van der Waals surface area contributed by atoms with Gasteiger partial charge in [-0.3, -0.25) is 19.9 Å². The van der Waals surface area contributed by atoms with E-state index in [1.165, 1.54) is 0 Å². The number of aliphatic carboxylic acids is 1. The van der Waals surface area contributed by atoms with Crippen molar-refractivity contribution >= 4 is 5.97 Å². The van der Waals surface area contributed by atoms with Gasteiger partial charge in [-0.15, -0.1) is 0 Å². The number of hydrogen-bond acceptors (Lipinski definition) is 4. The van der Waals surface area contributed by atoms with Crippen LogP contribution in [0.3, 0.4) is 0 Å². The lowest BCUT2D eigenvalue weighted by Gasteiger charge is -2.20. The summed E-state index contributed by atoms with van der Waals surface area (Å²) >= 11 is 0. The Morgan fingerprint density at radius 1 is 1.00 bits per heavy atom. The summed E-state index contributed by atoms with van der Waals surface area (Å²) in [6.07, 6.45) is 0. The molecule has 0 radical (unpaired) electrons. The fourth-order valence-electron chi connectivity index (χ4n) is 2.42. The van der Waals surface area contributed by atoms with Gasteiger partial charge in [-0.1, -0.05) is 0 Å². The Bertz CT molecular complexity index is 557. The number of nitrogens with zero attached hydrogens (tertiary/aromatic N) is 3. The van der Waals surface area contributed by atoms with Crippen LogP contribution < -0.4 is 0 Å². The molecule has 0 saturated heterocycles. The maximum Gasteiger partial charge on any atom is 0.317 e. The number of carboxylic acid groups (broad SMARTS) is 1. The zero-order chi connectivity index (χ0) is 15.6. The van der Waals surface area contributed by atoms with Gasteiger partial charge < -0.3 is 5.11 Å². The number of aromatic amines is 2. The lowest BCUT2D eigenvalue weighted by Crippen LogP contribution is -2.29. The van der Waals surface area contributed by atoms with Crippen LogP contribution in [-0.4, -0.2) is 42.9 Å². The summed E-state index contributed by atoms with van der Waals surface area (Å²) in [5.74, 6) is -0.840. The average Bonchev–Trinajstić information content (AvgIpc) is 2.88. The molecule has 0 atom stereocenters. The van der Waals surface area contributed by atoms with Gasteiger partial charge in [0.05, 0.1) is 17.9 Å². The van der Waals surface area contributed by atoms with Crippen molar-refractivity contribution in [2.75, 3.05) is 6.54 Å². The zero-order valence-corrected chi connectivity index (χ0v) is 12.8. The van der Waals surface area contributed by atoms with Crippen molar-refractivity contribution < 1.29 is 9.90 Å². The van der Waals surface area contributed by atoms with Crippen molar-refractivity contribution in [3.05, 3.63) is 33.9 Å². The van der Waals surface area contributed by atoms with E-state index in [-0.39, 0.29) is 6.54 Å². The molecule has 2 aromatic rings. The van der Waals surface area contributed by atoms with E-state index in [0.29, 0.717) is 13.1 Å². The fraction of sp³-hybridized carbons (Fsp3) is 0.500. The molecule has 3 N–H and O–H groups in total. The molecule has 2 aromatic heterocycles. The third kappa shape index (κ3) is 3.49. The summed E-state index contributed by atoms with van der Waals surface area (Å²) in [6.45, 7) is 8.81. The molecule has 2 heterocycles.